The molecule has 0 saturated carbocycles. The monoisotopic (exact) mass is 219 g/mol. The summed E-state index contributed by atoms with van der Waals surface area (Å²) in [6.45, 7) is 3.39. The van der Waals surface area contributed by atoms with Crippen molar-refractivity contribution in [2.24, 2.45) is 0 Å². The Morgan fingerprint density at radius 3 is 2.88 bits per heavy atom. The topological polar surface area (TPSA) is 28.2 Å². The fourth-order valence-corrected chi connectivity index (χ4v) is 2.52. The fourth-order valence-electron chi connectivity index (χ4n) is 2.52. The highest BCUT2D eigenvalue weighted by Gasteiger charge is 2.22. The molecule has 1 saturated heterocycles. The molecule has 0 aliphatic carbocycles. The first-order valence-electron chi connectivity index (χ1n) is 6.07. The zero-order valence-electron chi connectivity index (χ0n) is 10.5. The van der Waals surface area contributed by atoms with Gasteiger partial charge in [0.1, 0.15) is 5.82 Å². The first-order valence-corrected chi connectivity index (χ1v) is 6.07. The molecule has 2 rings (SSSR count). The molecule has 0 spiro atoms. The molecule has 1 unspecified atom stereocenters. The van der Waals surface area contributed by atoms with Gasteiger partial charge in [-0.15, -0.1) is 0 Å². The normalized spacial score (nSPS) is 22.1. The lowest BCUT2D eigenvalue weighted by molar-refractivity contribution is 0.186. The van der Waals surface area contributed by atoms with Crippen LogP contribution in [-0.2, 0) is 0 Å². The lowest BCUT2D eigenvalue weighted by Gasteiger charge is -2.33. The van der Waals surface area contributed by atoms with Crippen LogP contribution < -0.4 is 5.32 Å². The minimum atomic E-state index is 0.562. The summed E-state index contributed by atoms with van der Waals surface area (Å²) in [7, 11) is 4.13. The largest absolute Gasteiger partial charge is 0.373 e. The predicted octanol–water partition coefficient (Wildman–Crippen LogP) is 2.59. The maximum absolute atomic E-state index is 4.43. The van der Waals surface area contributed by atoms with Crippen LogP contribution in [0.3, 0.4) is 0 Å². The third-order valence-electron chi connectivity index (χ3n) is 3.54. The van der Waals surface area contributed by atoms with Gasteiger partial charge in [-0.25, -0.2) is 4.98 Å². The molecule has 3 heteroatoms. The maximum Gasteiger partial charge on any atom is 0.125 e. The van der Waals surface area contributed by atoms with Crippen molar-refractivity contribution in [2.45, 2.75) is 32.2 Å². The number of piperidine rings is 1. The molecule has 0 aromatic carbocycles. The number of hydrogen-bond donors (Lipinski definition) is 1. The van der Waals surface area contributed by atoms with Crippen molar-refractivity contribution in [3.8, 4) is 0 Å². The molecule has 0 bridgehead atoms. The van der Waals surface area contributed by atoms with Gasteiger partial charge >= 0.3 is 0 Å². The summed E-state index contributed by atoms with van der Waals surface area (Å²) in [4.78, 5) is 6.88. The molecule has 1 fully saturated rings. The summed E-state index contributed by atoms with van der Waals surface area (Å²) >= 11 is 0. The number of anilines is 1. The van der Waals surface area contributed by atoms with Gasteiger partial charge in [0.25, 0.3) is 0 Å². The second-order valence-electron chi connectivity index (χ2n) is 4.67. The summed E-state index contributed by atoms with van der Waals surface area (Å²) < 4.78 is 0. The second-order valence-corrected chi connectivity index (χ2v) is 4.67. The quantitative estimate of drug-likeness (QED) is 0.828. The molecule has 2 heterocycles. The van der Waals surface area contributed by atoms with E-state index in [9.17, 15) is 0 Å². The lowest BCUT2D eigenvalue weighted by atomic mass is 9.94. The van der Waals surface area contributed by atoms with Crippen molar-refractivity contribution < 1.29 is 0 Å². The number of rotatable bonds is 2. The Labute approximate surface area is 97.9 Å². The van der Waals surface area contributed by atoms with E-state index in [2.05, 4.69) is 35.2 Å². The van der Waals surface area contributed by atoms with Gasteiger partial charge in [-0.05, 0) is 50.6 Å². The molecule has 1 aliphatic rings. The van der Waals surface area contributed by atoms with Gasteiger partial charge in [-0.2, -0.15) is 0 Å². The van der Waals surface area contributed by atoms with E-state index in [-0.39, 0.29) is 0 Å². The molecular formula is C13H21N3. The lowest BCUT2D eigenvalue weighted by Crippen LogP contribution is -2.30. The number of hydrogen-bond acceptors (Lipinski definition) is 3. The summed E-state index contributed by atoms with van der Waals surface area (Å²) in [6, 6.07) is 2.70. The average Bonchev–Trinajstić information content (AvgIpc) is 2.30. The van der Waals surface area contributed by atoms with Crippen molar-refractivity contribution in [3.05, 3.63) is 23.4 Å². The van der Waals surface area contributed by atoms with Crippen molar-refractivity contribution in [1.29, 1.82) is 0 Å². The number of aryl methyl sites for hydroxylation is 1. The van der Waals surface area contributed by atoms with Crippen molar-refractivity contribution in [1.82, 2.24) is 9.88 Å². The molecule has 88 valence electrons. The van der Waals surface area contributed by atoms with E-state index in [0.717, 1.165) is 5.82 Å². The summed E-state index contributed by atoms with van der Waals surface area (Å²) in [5.41, 5.74) is 2.74. The standard InChI is InChI=1S/C13H21N3/c1-10-8-13(14-2)15-9-11(10)12-6-4-5-7-16(12)3/h8-9,12H,4-7H2,1-3H3,(H,14,15). The van der Waals surface area contributed by atoms with Crippen LogP contribution in [0.2, 0.25) is 0 Å². The zero-order chi connectivity index (χ0) is 11.5. The summed E-state index contributed by atoms with van der Waals surface area (Å²) in [6.07, 6.45) is 5.96. The fraction of sp³-hybridized carbons (Fsp3) is 0.615. The van der Waals surface area contributed by atoms with E-state index in [4.69, 9.17) is 0 Å². The first-order chi connectivity index (χ1) is 7.72. The molecule has 0 amide bonds. The van der Waals surface area contributed by atoms with Crippen molar-refractivity contribution >= 4 is 5.82 Å². The van der Waals surface area contributed by atoms with Crippen LogP contribution in [-0.4, -0.2) is 30.5 Å². The summed E-state index contributed by atoms with van der Waals surface area (Å²) in [5, 5.41) is 3.08. The van der Waals surface area contributed by atoms with Crippen LogP contribution in [0.1, 0.15) is 36.4 Å². The minimum absolute atomic E-state index is 0.562. The van der Waals surface area contributed by atoms with E-state index < -0.39 is 0 Å². The van der Waals surface area contributed by atoms with E-state index in [1.54, 1.807) is 0 Å². The molecule has 0 radical (unpaired) electrons. The number of pyridine rings is 1. The minimum Gasteiger partial charge on any atom is -0.373 e. The molecule has 16 heavy (non-hydrogen) atoms. The van der Waals surface area contributed by atoms with Gasteiger partial charge in [-0.1, -0.05) is 6.42 Å². The van der Waals surface area contributed by atoms with E-state index in [1.807, 2.05) is 13.2 Å². The van der Waals surface area contributed by atoms with E-state index >= 15 is 0 Å². The third kappa shape index (κ3) is 2.19. The molecule has 1 aromatic heterocycles. The van der Waals surface area contributed by atoms with Gasteiger partial charge in [0.15, 0.2) is 0 Å². The number of nitrogens with zero attached hydrogens (tertiary/aromatic N) is 2. The van der Waals surface area contributed by atoms with Crippen molar-refractivity contribution in [2.75, 3.05) is 26.0 Å². The maximum atomic E-state index is 4.43. The Balaban J connectivity index is 2.25. The molecule has 1 aliphatic heterocycles. The molecule has 1 aromatic rings. The Morgan fingerprint density at radius 2 is 2.25 bits per heavy atom. The molecule has 1 N–H and O–H groups in total. The Bertz CT molecular complexity index is 362. The molecular weight excluding hydrogens is 198 g/mol. The van der Waals surface area contributed by atoms with Crippen LogP contribution >= 0.6 is 0 Å². The van der Waals surface area contributed by atoms with Gasteiger partial charge < -0.3 is 5.32 Å². The van der Waals surface area contributed by atoms with Gasteiger partial charge in [0.05, 0.1) is 0 Å². The van der Waals surface area contributed by atoms with Crippen LogP contribution in [0.25, 0.3) is 0 Å². The summed E-state index contributed by atoms with van der Waals surface area (Å²) in [5.74, 6) is 0.958. The smallest absolute Gasteiger partial charge is 0.125 e. The van der Waals surface area contributed by atoms with E-state index in [1.165, 1.54) is 36.9 Å². The molecule has 3 nitrogen and oxygen atoms in total. The highest BCUT2D eigenvalue weighted by Crippen LogP contribution is 2.31. The number of likely N-dealkylation sites (tertiary alicyclic amines) is 1. The Kier molecular flexibility index (Phi) is 3.44. The van der Waals surface area contributed by atoms with Crippen molar-refractivity contribution in [3.63, 3.8) is 0 Å². The number of aromatic nitrogens is 1. The van der Waals surface area contributed by atoms with E-state index in [0.29, 0.717) is 6.04 Å². The van der Waals surface area contributed by atoms with Crippen LogP contribution in [0, 0.1) is 6.92 Å². The zero-order valence-corrected chi connectivity index (χ0v) is 10.5. The van der Waals surface area contributed by atoms with Crippen LogP contribution in [0.5, 0.6) is 0 Å². The van der Waals surface area contributed by atoms with Gasteiger partial charge in [0, 0.05) is 19.3 Å². The first kappa shape index (κ1) is 11.4. The highest BCUT2D eigenvalue weighted by molar-refractivity contribution is 5.41. The number of nitrogens with one attached hydrogen (secondary N) is 1. The SMILES string of the molecule is CNc1cc(C)c(C2CCCCN2C)cn1. The van der Waals surface area contributed by atoms with Gasteiger partial charge in [-0.3, -0.25) is 4.90 Å². The average molecular weight is 219 g/mol. The Morgan fingerprint density at radius 1 is 1.44 bits per heavy atom. The predicted molar refractivity (Wildman–Crippen MR) is 67.7 cm³/mol. The van der Waals surface area contributed by atoms with Crippen LogP contribution in [0.4, 0.5) is 5.82 Å². The van der Waals surface area contributed by atoms with Crippen LogP contribution in [0.15, 0.2) is 12.3 Å². The second kappa shape index (κ2) is 4.83. The van der Waals surface area contributed by atoms with Gasteiger partial charge in [0.2, 0.25) is 0 Å². The highest BCUT2D eigenvalue weighted by atomic mass is 15.1. The third-order valence-corrected chi connectivity index (χ3v) is 3.54. The Hall–Kier alpha value is -1.09. The molecule has 1 atom stereocenters.